The van der Waals surface area contributed by atoms with Crippen LogP contribution in [0.15, 0.2) is 10.8 Å². The van der Waals surface area contributed by atoms with Crippen LogP contribution < -0.4 is 5.32 Å². The highest BCUT2D eigenvalue weighted by Gasteiger charge is 2.25. The molecule has 114 valence electrons. The number of hydrogen-bond donors (Lipinski definition) is 1. The molecule has 0 aromatic carbocycles. The van der Waals surface area contributed by atoms with Crippen molar-refractivity contribution in [1.29, 1.82) is 0 Å². The average molecular weight is 321 g/mol. The lowest BCUT2D eigenvalue weighted by Crippen LogP contribution is -2.27. The van der Waals surface area contributed by atoms with Gasteiger partial charge in [0.1, 0.15) is 5.01 Å². The Bertz CT molecular complexity index is 598. The molecule has 3 rings (SSSR count). The summed E-state index contributed by atoms with van der Waals surface area (Å²) in [6.45, 7) is 8.90. The largest absolute Gasteiger partial charge is 0.316 e. The number of aryl methyl sites for hydroxylation is 2. The van der Waals surface area contributed by atoms with Crippen molar-refractivity contribution >= 4 is 22.7 Å². The van der Waals surface area contributed by atoms with E-state index < -0.39 is 0 Å². The van der Waals surface area contributed by atoms with Crippen LogP contribution in [0, 0.1) is 12.8 Å². The normalized spacial score (nSPS) is 18.2. The number of aromatic nitrogens is 1. The Morgan fingerprint density at radius 3 is 2.95 bits per heavy atom. The van der Waals surface area contributed by atoms with Crippen LogP contribution >= 0.6 is 22.7 Å². The van der Waals surface area contributed by atoms with Crippen molar-refractivity contribution < 1.29 is 0 Å². The molecule has 0 saturated heterocycles. The van der Waals surface area contributed by atoms with Gasteiger partial charge in [0, 0.05) is 28.3 Å². The predicted octanol–water partition coefficient (Wildman–Crippen LogP) is 4.85. The summed E-state index contributed by atoms with van der Waals surface area (Å²) in [5, 5.41) is 9.31. The van der Waals surface area contributed by atoms with E-state index in [0.717, 1.165) is 13.1 Å². The zero-order valence-electron chi connectivity index (χ0n) is 13.1. The maximum Gasteiger partial charge on any atom is 0.124 e. The third kappa shape index (κ3) is 3.38. The molecule has 0 fully saturated rings. The first-order valence-electron chi connectivity index (χ1n) is 7.88. The first kappa shape index (κ1) is 15.2. The number of hydrogen-bond acceptors (Lipinski definition) is 4. The Balaban J connectivity index is 1.78. The van der Waals surface area contributed by atoms with Gasteiger partial charge in [-0.3, -0.25) is 0 Å². The average Bonchev–Trinajstić information content (AvgIpc) is 3.04. The Morgan fingerprint density at radius 1 is 1.38 bits per heavy atom. The first-order chi connectivity index (χ1) is 10.1. The molecule has 0 bridgehead atoms. The number of thiazole rings is 1. The summed E-state index contributed by atoms with van der Waals surface area (Å²) in [5.41, 5.74) is 4.08. The van der Waals surface area contributed by atoms with E-state index >= 15 is 0 Å². The molecule has 0 radical (unpaired) electrons. The molecule has 2 nitrogen and oxygen atoms in total. The fourth-order valence-corrected chi connectivity index (χ4v) is 5.13. The Morgan fingerprint density at radius 2 is 2.24 bits per heavy atom. The van der Waals surface area contributed by atoms with Crippen molar-refractivity contribution in [3.63, 3.8) is 0 Å². The molecule has 2 aromatic rings. The van der Waals surface area contributed by atoms with Crippen LogP contribution in [-0.2, 0) is 6.42 Å². The molecule has 0 spiro atoms. The quantitative estimate of drug-likeness (QED) is 0.852. The van der Waals surface area contributed by atoms with Crippen molar-refractivity contribution in [1.82, 2.24) is 10.3 Å². The number of rotatable bonds is 5. The summed E-state index contributed by atoms with van der Waals surface area (Å²) >= 11 is 3.70. The maximum atomic E-state index is 5.02. The van der Waals surface area contributed by atoms with E-state index in [9.17, 15) is 0 Å². The Labute approximate surface area is 135 Å². The summed E-state index contributed by atoms with van der Waals surface area (Å²) in [5.74, 6) is 1.32. The number of nitrogens with zero attached hydrogens (tertiary/aromatic N) is 1. The van der Waals surface area contributed by atoms with E-state index in [2.05, 4.69) is 36.8 Å². The van der Waals surface area contributed by atoms with E-state index in [1.807, 2.05) is 11.3 Å². The highest BCUT2D eigenvalue weighted by molar-refractivity contribution is 7.15. The second-order valence-electron chi connectivity index (χ2n) is 6.44. The van der Waals surface area contributed by atoms with Gasteiger partial charge in [0.05, 0.1) is 5.69 Å². The molecular weight excluding hydrogens is 296 g/mol. The van der Waals surface area contributed by atoms with Gasteiger partial charge in [-0.05, 0) is 49.6 Å². The van der Waals surface area contributed by atoms with Crippen LogP contribution in [0.2, 0.25) is 0 Å². The second kappa shape index (κ2) is 6.59. The topological polar surface area (TPSA) is 24.9 Å². The minimum absolute atomic E-state index is 0.608. The molecule has 0 amide bonds. The molecule has 1 aliphatic rings. The molecule has 1 aliphatic carbocycles. The van der Waals surface area contributed by atoms with E-state index in [0.29, 0.717) is 11.8 Å². The fourth-order valence-electron chi connectivity index (χ4n) is 2.95. The van der Waals surface area contributed by atoms with Crippen LogP contribution in [0.25, 0.3) is 10.6 Å². The molecular formula is C17H24N2S2. The van der Waals surface area contributed by atoms with Crippen molar-refractivity contribution in [2.45, 2.75) is 46.0 Å². The van der Waals surface area contributed by atoms with E-state index in [4.69, 9.17) is 4.98 Å². The van der Waals surface area contributed by atoms with Gasteiger partial charge >= 0.3 is 0 Å². The number of thiophene rings is 1. The van der Waals surface area contributed by atoms with Crippen molar-refractivity contribution in [2.75, 3.05) is 13.1 Å². The highest BCUT2D eigenvalue weighted by atomic mass is 32.1. The van der Waals surface area contributed by atoms with E-state index in [1.165, 1.54) is 46.0 Å². The van der Waals surface area contributed by atoms with Crippen molar-refractivity contribution in [3.05, 3.63) is 26.9 Å². The summed E-state index contributed by atoms with van der Waals surface area (Å²) in [6, 6.07) is 0. The number of fused-ring (bicyclic) bond motifs is 1. The zero-order chi connectivity index (χ0) is 14.8. The van der Waals surface area contributed by atoms with Crippen LogP contribution in [0.1, 0.15) is 48.7 Å². The molecule has 1 atom stereocenters. The third-order valence-corrected chi connectivity index (χ3v) is 6.13. The zero-order valence-corrected chi connectivity index (χ0v) is 14.7. The van der Waals surface area contributed by atoms with Crippen LogP contribution in [0.4, 0.5) is 0 Å². The van der Waals surface area contributed by atoms with Gasteiger partial charge in [-0.1, -0.05) is 13.8 Å². The van der Waals surface area contributed by atoms with E-state index in [1.54, 1.807) is 11.3 Å². The minimum atomic E-state index is 0.608. The molecule has 1 N–H and O–H groups in total. The second-order valence-corrected chi connectivity index (χ2v) is 8.26. The third-order valence-electron chi connectivity index (χ3n) is 4.10. The smallest absolute Gasteiger partial charge is 0.124 e. The standard InChI is InChI=1S/C17H24N2S2/c1-11(2)7-18-8-13-5-4-6-15-16(13)19-17(21-15)14-10-20-9-12(14)3/h9-11,13,18H,4-8H2,1-3H3. The van der Waals surface area contributed by atoms with Crippen LogP contribution in [0.5, 0.6) is 0 Å². The Kier molecular flexibility index (Phi) is 4.77. The summed E-state index contributed by atoms with van der Waals surface area (Å²) in [6.07, 6.45) is 3.81. The Hall–Kier alpha value is -0.710. The summed E-state index contributed by atoms with van der Waals surface area (Å²) < 4.78 is 0. The maximum absolute atomic E-state index is 5.02. The van der Waals surface area contributed by atoms with Gasteiger partial charge < -0.3 is 5.32 Å². The van der Waals surface area contributed by atoms with E-state index in [-0.39, 0.29) is 0 Å². The fraction of sp³-hybridized carbons (Fsp3) is 0.588. The highest BCUT2D eigenvalue weighted by Crippen LogP contribution is 2.39. The molecule has 4 heteroatoms. The van der Waals surface area contributed by atoms with Gasteiger partial charge in [-0.25, -0.2) is 4.98 Å². The molecule has 2 aromatic heterocycles. The summed E-state index contributed by atoms with van der Waals surface area (Å²) in [7, 11) is 0. The van der Waals surface area contributed by atoms with Crippen molar-refractivity contribution in [2.24, 2.45) is 5.92 Å². The lowest BCUT2D eigenvalue weighted by molar-refractivity contribution is 0.473. The predicted molar refractivity (Wildman–Crippen MR) is 93.6 cm³/mol. The molecule has 0 saturated carbocycles. The van der Waals surface area contributed by atoms with Gasteiger partial charge in [-0.2, -0.15) is 11.3 Å². The molecule has 0 aliphatic heterocycles. The van der Waals surface area contributed by atoms with Crippen molar-refractivity contribution in [3.8, 4) is 10.6 Å². The summed E-state index contributed by atoms with van der Waals surface area (Å²) in [4.78, 5) is 6.54. The lowest BCUT2D eigenvalue weighted by atomic mass is 9.91. The molecule has 2 heterocycles. The number of nitrogens with one attached hydrogen (secondary N) is 1. The monoisotopic (exact) mass is 320 g/mol. The van der Waals surface area contributed by atoms with Crippen LogP contribution in [-0.4, -0.2) is 18.1 Å². The van der Waals surface area contributed by atoms with Gasteiger partial charge in [-0.15, -0.1) is 11.3 Å². The van der Waals surface area contributed by atoms with Crippen LogP contribution in [0.3, 0.4) is 0 Å². The minimum Gasteiger partial charge on any atom is -0.316 e. The first-order valence-corrected chi connectivity index (χ1v) is 9.64. The lowest BCUT2D eigenvalue weighted by Gasteiger charge is -2.22. The van der Waals surface area contributed by atoms with Gasteiger partial charge in [0.25, 0.3) is 0 Å². The van der Waals surface area contributed by atoms with Gasteiger partial charge in [0.2, 0.25) is 0 Å². The molecule has 1 unspecified atom stereocenters. The molecule has 21 heavy (non-hydrogen) atoms. The SMILES string of the molecule is Cc1cscc1-c1nc2c(s1)CCCC2CNCC(C)C. The van der Waals surface area contributed by atoms with Gasteiger partial charge in [0.15, 0.2) is 0 Å².